The van der Waals surface area contributed by atoms with Gasteiger partial charge >= 0.3 is 6.18 Å². The second-order valence-electron chi connectivity index (χ2n) is 5.57. The average Bonchev–Trinajstić information content (AvgIpc) is 2.91. The maximum absolute atomic E-state index is 12.3. The van der Waals surface area contributed by atoms with E-state index < -0.39 is 36.4 Å². The van der Waals surface area contributed by atoms with Crippen LogP contribution in [0.15, 0.2) is 29.2 Å². The van der Waals surface area contributed by atoms with Gasteiger partial charge in [-0.15, -0.1) is 11.8 Å². The molecule has 26 heavy (non-hydrogen) atoms. The smallest absolute Gasteiger partial charge is 0.333 e. The first kappa shape index (κ1) is 20.4. The number of halogens is 4. The van der Waals surface area contributed by atoms with Gasteiger partial charge in [0.2, 0.25) is 17.7 Å². The molecule has 142 valence electrons. The number of alkyl halides is 3. The van der Waals surface area contributed by atoms with Crippen molar-refractivity contribution < 1.29 is 27.6 Å². The van der Waals surface area contributed by atoms with Gasteiger partial charge in [0.25, 0.3) is 0 Å². The topological polar surface area (TPSA) is 78.5 Å². The zero-order chi connectivity index (χ0) is 19.3. The Bertz CT molecular complexity index is 685. The van der Waals surface area contributed by atoms with Gasteiger partial charge in [-0.3, -0.25) is 25.2 Å². The molecule has 1 aromatic carbocycles. The van der Waals surface area contributed by atoms with Crippen molar-refractivity contribution in [3.8, 4) is 0 Å². The summed E-state index contributed by atoms with van der Waals surface area (Å²) >= 11 is 6.97. The molecule has 1 aromatic rings. The van der Waals surface area contributed by atoms with E-state index in [0.29, 0.717) is 9.92 Å². The molecule has 2 rings (SSSR count). The number of amides is 3. The number of hydrogen-bond donors (Lipinski definition) is 2. The molecule has 0 spiro atoms. The standard InChI is InChI=1S/C15H15ClF3N3O3S/c16-10-1-3-11(4-2-10)26-7-12(23)20-21-14(25)9-5-13(24)22(6-9)8-15(17,18)19/h1-4,9H,5-8H2,(H,20,23)(H,21,25). The molecule has 0 aromatic heterocycles. The van der Waals surface area contributed by atoms with Gasteiger partial charge < -0.3 is 4.90 Å². The number of nitrogens with one attached hydrogen (secondary N) is 2. The molecule has 1 heterocycles. The minimum atomic E-state index is -4.52. The monoisotopic (exact) mass is 409 g/mol. The average molecular weight is 410 g/mol. The van der Waals surface area contributed by atoms with Crippen molar-refractivity contribution in [3.63, 3.8) is 0 Å². The van der Waals surface area contributed by atoms with Gasteiger partial charge in [-0.2, -0.15) is 13.2 Å². The van der Waals surface area contributed by atoms with Gasteiger partial charge in [-0.25, -0.2) is 0 Å². The summed E-state index contributed by atoms with van der Waals surface area (Å²) in [6, 6.07) is 6.82. The Hall–Kier alpha value is -1.94. The molecule has 1 aliphatic rings. The van der Waals surface area contributed by atoms with Crippen LogP contribution in [0.4, 0.5) is 13.2 Å². The minimum absolute atomic E-state index is 0.0196. The van der Waals surface area contributed by atoms with Crippen molar-refractivity contribution >= 4 is 41.1 Å². The molecule has 0 bridgehead atoms. The minimum Gasteiger partial charge on any atom is -0.333 e. The predicted octanol–water partition coefficient (Wildman–Crippen LogP) is 1.99. The maximum Gasteiger partial charge on any atom is 0.406 e. The number of rotatable bonds is 5. The van der Waals surface area contributed by atoms with Crippen LogP contribution in [0.25, 0.3) is 0 Å². The molecule has 11 heteroatoms. The number of carbonyl (C=O) groups is 3. The molecule has 0 radical (unpaired) electrons. The van der Waals surface area contributed by atoms with Crippen LogP contribution in [0.5, 0.6) is 0 Å². The van der Waals surface area contributed by atoms with Gasteiger partial charge in [0.1, 0.15) is 6.54 Å². The fraction of sp³-hybridized carbons (Fsp3) is 0.400. The lowest BCUT2D eigenvalue weighted by Gasteiger charge is -2.18. The number of carbonyl (C=O) groups excluding carboxylic acids is 3. The first-order valence-corrected chi connectivity index (χ1v) is 8.82. The third-order valence-electron chi connectivity index (χ3n) is 3.46. The molecule has 0 saturated carbocycles. The summed E-state index contributed by atoms with van der Waals surface area (Å²) in [6.45, 7) is -1.72. The van der Waals surface area contributed by atoms with Gasteiger partial charge in [-0.1, -0.05) is 11.6 Å². The summed E-state index contributed by atoms with van der Waals surface area (Å²) in [5, 5.41) is 0.566. The molecule has 1 atom stereocenters. The molecule has 2 N–H and O–H groups in total. The van der Waals surface area contributed by atoms with E-state index >= 15 is 0 Å². The third kappa shape index (κ3) is 6.41. The number of likely N-dealkylation sites (tertiary alicyclic amines) is 1. The number of nitrogens with zero attached hydrogens (tertiary/aromatic N) is 1. The van der Waals surface area contributed by atoms with Gasteiger partial charge in [-0.05, 0) is 24.3 Å². The van der Waals surface area contributed by atoms with E-state index in [1.165, 1.54) is 11.8 Å². The highest BCUT2D eigenvalue weighted by Gasteiger charge is 2.40. The molecule has 1 fully saturated rings. The molecule has 1 aliphatic heterocycles. The van der Waals surface area contributed by atoms with Crippen LogP contribution in [-0.4, -0.2) is 47.6 Å². The predicted molar refractivity (Wildman–Crippen MR) is 89.2 cm³/mol. The van der Waals surface area contributed by atoms with E-state index in [-0.39, 0.29) is 18.7 Å². The Morgan fingerprint density at radius 3 is 2.50 bits per heavy atom. The van der Waals surface area contributed by atoms with E-state index in [1.54, 1.807) is 24.3 Å². The van der Waals surface area contributed by atoms with Crippen molar-refractivity contribution in [2.45, 2.75) is 17.5 Å². The molecular weight excluding hydrogens is 395 g/mol. The molecule has 6 nitrogen and oxygen atoms in total. The van der Waals surface area contributed by atoms with Crippen LogP contribution in [0.2, 0.25) is 5.02 Å². The quantitative estimate of drug-likeness (QED) is 0.576. The van der Waals surface area contributed by atoms with Crippen molar-refractivity contribution in [2.24, 2.45) is 5.92 Å². The first-order valence-electron chi connectivity index (χ1n) is 7.45. The van der Waals surface area contributed by atoms with E-state index in [9.17, 15) is 27.6 Å². The fourth-order valence-corrected chi connectivity index (χ4v) is 3.09. The van der Waals surface area contributed by atoms with Crippen molar-refractivity contribution in [1.82, 2.24) is 15.8 Å². The summed E-state index contributed by atoms with van der Waals surface area (Å²) in [4.78, 5) is 36.6. The number of hydrogen-bond acceptors (Lipinski definition) is 4. The van der Waals surface area contributed by atoms with E-state index in [4.69, 9.17) is 11.6 Å². The Labute approximate surface area is 156 Å². The lowest BCUT2D eigenvalue weighted by Crippen LogP contribution is -2.46. The SMILES string of the molecule is O=C(CSc1ccc(Cl)cc1)NNC(=O)C1CC(=O)N(CC(F)(F)F)C1. The highest BCUT2D eigenvalue weighted by Crippen LogP contribution is 2.24. The number of hydrazine groups is 1. The van der Waals surface area contributed by atoms with E-state index in [2.05, 4.69) is 10.9 Å². The van der Waals surface area contributed by atoms with Crippen LogP contribution in [0, 0.1) is 5.92 Å². The molecule has 0 aliphatic carbocycles. The normalized spacial score (nSPS) is 17.3. The van der Waals surface area contributed by atoms with Crippen molar-refractivity contribution in [1.29, 1.82) is 0 Å². The van der Waals surface area contributed by atoms with Crippen LogP contribution in [0.3, 0.4) is 0 Å². The van der Waals surface area contributed by atoms with Gasteiger partial charge in [0, 0.05) is 22.9 Å². The number of thioether (sulfide) groups is 1. The Balaban J connectivity index is 1.73. The summed E-state index contributed by atoms with van der Waals surface area (Å²) in [6.07, 6.45) is -4.84. The summed E-state index contributed by atoms with van der Waals surface area (Å²) < 4.78 is 37.0. The maximum atomic E-state index is 12.3. The van der Waals surface area contributed by atoms with Gasteiger partial charge in [0.15, 0.2) is 0 Å². The Morgan fingerprint density at radius 1 is 1.23 bits per heavy atom. The van der Waals surface area contributed by atoms with Crippen molar-refractivity contribution in [3.05, 3.63) is 29.3 Å². The summed E-state index contributed by atoms with van der Waals surface area (Å²) in [7, 11) is 0. The second kappa shape index (κ2) is 8.63. The number of benzene rings is 1. The molecular formula is C15H15ClF3N3O3S. The fourth-order valence-electron chi connectivity index (χ4n) is 2.27. The Kier molecular flexibility index (Phi) is 6.76. The lowest BCUT2D eigenvalue weighted by atomic mass is 10.1. The highest BCUT2D eigenvalue weighted by molar-refractivity contribution is 8.00. The van der Waals surface area contributed by atoms with Crippen LogP contribution in [-0.2, 0) is 14.4 Å². The second-order valence-corrected chi connectivity index (χ2v) is 7.06. The van der Waals surface area contributed by atoms with E-state index in [1.807, 2.05) is 0 Å². The first-order chi connectivity index (χ1) is 12.1. The van der Waals surface area contributed by atoms with Crippen molar-refractivity contribution in [2.75, 3.05) is 18.8 Å². The Morgan fingerprint density at radius 2 is 1.88 bits per heavy atom. The van der Waals surface area contributed by atoms with Crippen LogP contribution >= 0.6 is 23.4 Å². The lowest BCUT2D eigenvalue weighted by molar-refractivity contribution is -0.157. The molecule has 1 unspecified atom stereocenters. The summed E-state index contributed by atoms with van der Waals surface area (Å²) in [5.41, 5.74) is 4.32. The van der Waals surface area contributed by atoms with Gasteiger partial charge in [0.05, 0.1) is 11.7 Å². The van der Waals surface area contributed by atoms with Crippen LogP contribution in [0.1, 0.15) is 6.42 Å². The van der Waals surface area contributed by atoms with E-state index in [0.717, 1.165) is 4.90 Å². The largest absolute Gasteiger partial charge is 0.406 e. The molecule has 1 saturated heterocycles. The molecule has 3 amide bonds. The van der Waals surface area contributed by atoms with Crippen LogP contribution < -0.4 is 10.9 Å². The summed E-state index contributed by atoms with van der Waals surface area (Å²) in [5.74, 6) is -2.85. The zero-order valence-corrected chi connectivity index (χ0v) is 14.9. The highest BCUT2D eigenvalue weighted by atomic mass is 35.5. The third-order valence-corrected chi connectivity index (χ3v) is 4.73. The zero-order valence-electron chi connectivity index (χ0n) is 13.3.